The summed E-state index contributed by atoms with van der Waals surface area (Å²) in [6, 6.07) is 1.88. The molecule has 1 unspecified atom stereocenters. The maximum atomic E-state index is 4.35. The quantitative estimate of drug-likeness (QED) is 0.707. The van der Waals surface area contributed by atoms with Gasteiger partial charge in [-0.3, -0.25) is 0 Å². The first kappa shape index (κ1) is 8.67. The van der Waals surface area contributed by atoms with Gasteiger partial charge in [0.15, 0.2) is 0 Å². The zero-order valence-electron chi connectivity index (χ0n) is 8.27. The van der Waals surface area contributed by atoms with Gasteiger partial charge in [0.25, 0.3) is 0 Å². The molecule has 1 aliphatic rings. The molecule has 70 valence electrons. The first-order valence-corrected chi connectivity index (χ1v) is 5.06. The van der Waals surface area contributed by atoms with Crippen molar-refractivity contribution in [1.29, 1.82) is 0 Å². The van der Waals surface area contributed by atoms with Crippen LogP contribution in [-0.4, -0.2) is 9.97 Å². The number of nitrogens with zero attached hydrogens (tertiary/aromatic N) is 2. The average molecular weight is 176 g/mol. The molecule has 1 heterocycles. The summed E-state index contributed by atoms with van der Waals surface area (Å²) in [5.74, 6) is 3.14. The van der Waals surface area contributed by atoms with Gasteiger partial charge >= 0.3 is 0 Å². The van der Waals surface area contributed by atoms with Crippen LogP contribution in [0.4, 0.5) is 0 Å². The maximum Gasteiger partial charge on any atom is 0.131 e. The average Bonchev–Trinajstić information content (AvgIpc) is 2.90. The molecule has 1 aromatic heterocycles. The summed E-state index contributed by atoms with van der Waals surface area (Å²) in [7, 11) is 0. The Morgan fingerprint density at radius 1 is 1.23 bits per heavy atom. The van der Waals surface area contributed by atoms with Crippen molar-refractivity contribution in [1.82, 2.24) is 9.97 Å². The summed E-state index contributed by atoms with van der Waals surface area (Å²) >= 11 is 0. The van der Waals surface area contributed by atoms with E-state index in [2.05, 4.69) is 23.8 Å². The van der Waals surface area contributed by atoms with Gasteiger partial charge in [0.1, 0.15) is 5.82 Å². The highest BCUT2D eigenvalue weighted by atomic mass is 14.9. The zero-order chi connectivity index (χ0) is 9.26. The summed E-state index contributed by atoms with van der Waals surface area (Å²) in [4.78, 5) is 8.70. The highest BCUT2D eigenvalue weighted by Gasteiger charge is 2.35. The van der Waals surface area contributed by atoms with E-state index in [-0.39, 0.29) is 0 Å². The van der Waals surface area contributed by atoms with Crippen LogP contribution in [0.1, 0.15) is 38.4 Å². The molecule has 0 radical (unpaired) electrons. The van der Waals surface area contributed by atoms with Gasteiger partial charge in [-0.1, -0.05) is 13.8 Å². The Balaban J connectivity index is 2.20. The molecule has 2 nitrogen and oxygen atoms in total. The zero-order valence-corrected chi connectivity index (χ0v) is 8.27. The number of rotatable bonds is 3. The fraction of sp³-hybridized carbons (Fsp3) is 0.636. The Morgan fingerprint density at radius 2 is 1.85 bits per heavy atom. The third-order valence-electron chi connectivity index (χ3n) is 2.73. The molecule has 0 N–H and O–H groups in total. The highest BCUT2D eigenvalue weighted by molar-refractivity contribution is 5.04. The number of hydrogen-bond donors (Lipinski definition) is 0. The molecule has 13 heavy (non-hydrogen) atoms. The van der Waals surface area contributed by atoms with E-state index < -0.39 is 0 Å². The second kappa shape index (κ2) is 3.44. The Labute approximate surface area is 79.4 Å². The molecule has 1 saturated carbocycles. The van der Waals surface area contributed by atoms with Crippen molar-refractivity contribution in [2.24, 2.45) is 11.8 Å². The fourth-order valence-corrected chi connectivity index (χ4v) is 1.99. The summed E-state index contributed by atoms with van der Waals surface area (Å²) < 4.78 is 0. The van der Waals surface area contributed by atoms with Crippen molar-refractivity contribution in [3.8, 4) is 0 Å². The molecule has 0 amide bonds. The maximum absolute atomic E-state index is 4.35. The van der Waals surface area contributed by atoms with Crippen LogP contribution in [0.15, 0.2) is 18.5 Å². The van der Waals surface area contributed by atoms with Gasteiger partial charge in [-0.15, -0.1) is 0 Å². The monoisotopic (exact) mass is 176 g/mol. The Morgan fingerprint density at radius 3 is 2.31 bits per heavy atom. The van der Waals surface area contributed by atoms with E-state index in [4.69, 9.17) is 0 Å². The molecule has 1 aromatic rings. The molecule has 1 atom stereocenters. The lowest BCUT2D eigenvalue weighted by Crippen LogP contribution is -2.12. The van der Waals surface area contributed by atoms with Crippen LogP contribution in [-0.2, 0) is 0 Å². The van der Waals surface area contributed by atoms with Gasteiger partial charge in [0.2, 0.25) is 0 Å². The first-order valence-electron chi connectivity index (χ1n) is 5.06. The molecule has 1 fully saturated rings. The van der Waals surface area contributed by atoms with Gasteiger partial charge in [-0.25, -0.2) is 9.97 Å². The Hall–Kier alpha value is -0.920. The number of aromatic nitrogens is 2. The lowest BCUT2D eigenvalue weighted by Gasteiger charge is -2.18. The van der Waals surface area contributed by atoms with E-state index in [1.54, 1.807) is 0 Å². The molecular formula is C11H16N2. The van der Waals surface area contributed by atoms with Crippen LogP contribution in [0, 0.1) is 11.8 Å². The predicted molar refractivity (Wildman–Crippen MR) is 52.3 cm³/mol. The van der Waals surface area contributed by atoms with E-state index in [0.29, 0.717) is 11.8 Å². The molecule has 0 bridgehead atoms. The van der Waals surface area contributed by atoms with Gasteiger partial charge < -0.3 is 0 Å². The molecule has 0 aliphatic heterocycles. The normalized spacial score (nSPS) is 19.0. The SMILES string of the molecule is CC(C)C(c1ncccn1)C1CC1. The Kier molecular flexibility index (Phi) is 2.30. The minimum absolute atomic E-state index is 0.584. The van der Waals surface area contributed by atoms with Crippen molar-refractivity contribution >= 4 is 0 Å². The molecular weight excluding hydrogens is 160 g/mol. The van der Waals surface area contributed by atoms with E-state index in [0.717, 1.165) is 11.7 Å². The predicted octanol–water partition coefficient (Wildman–Crippen LogP) is 2.63. The van der Waals surface area contributed by atoms with E-state index in [9.17, 15) is 0 Å². The Bertz CT molecular complexity index is 263. The molecule has 1 aliphatic carbocycles. The first-order chi connectivity index (χ1) is 6.29. The second-order valence-electron chi connectivity index (χ2n) is 4.21. The second-order valence-corrected chi connectivity index (χ2v) is 4.21. The summed E-state index contributed by atoms with van der Waals surface area (Å²) in [5, 5.41) is 0. The molecule has 2 rings (SSSR count). The third-order valence-corrected chi connectivity index (χ3v) is 2.73. The minimum Gasteiger partial charge on any atom is -0.241 e. The molecule has 0 aromatic carbocycles. The lowest BCUT2D eigenvalue weighted by atomic mass is 9.90. The molecule has 2 heteroatoms. The lowest BCUT2D eigenvalue weighted by molar-refractivity contribution is 0.429. The van der Waals surface area contributed by atoms with E-state index >= 15 is 0 Å². The van der Waals surface area contributed by atoms with Gasteiger partial charge in [0.05, 0.1) is 0 Å². The van der Waals surface area contributed by atoms with Crippen LogP contribution >= 0.6 is 0 Å². The third kappa shape index (κ3) is 1.87. The van der Waals surface area contributed by atoms with E-state index in [1.807, 2.05) is 18.5 Å². The smallest absolute Gasteiger partial charge is 0.131 e. The van der Waals surface area contributed by atoms with Gasteiger partial charge in [0, 0.05) is 18.3 Å². The molecule has 0 spiro atoms. The highest BCUT2D eigenvalue weighted by Crippen LogP contribution is 2.45. The summed E-state index contributed by atoms with van der Waals surface area (Å²) in [5.41, 5.74) is 0. The minimum atomic E-state index is 0.584. The summed E-state index contributed by atoms with van der Waals surface area (Å²) in [6.45, 7) is 4.53. The van der Waals surface area contributed by atoms with Crippen molar-refractivity contribution in [3.63, 3.8) is 0 Å². The largest absolute Gasteiger partial charge is 0.241 e. The van der Waals surface area contributed by atoms with Crippen molar-refractivity contribution in [3.05, 3.63) is 24.3 Å². The van der Waals surface area contributed by atoms with Crippen LogP contribution in [0.2, 0.25) is 0 Å². The van der Waals surface area contributed by atoms with Gasteiger partial charge in [-0.05, 0) is 30.7 Å². The fourth-order valence-electron chi connectivity index (χ4n) is 1.99. The van der Waals surface area contributed by atoms with Crippen LogP contribution in [0.3, 0.4) is 0 Å². The van der Waals surface area contributed by atoms with Crippen LogP contribution < -0.4 is 0 Å². The van der Waals surface area contributed by atoms with Crippen molar-refractivity contribution in [2.75, 3.05) is 0 Å². The number of hydrogen-bond acceptors (Lipinski definition) is 2. The van der Waals surface area contributed by atoms with E-state index in [1.165, 1.54) is 12.8 Å². The topological polar surface area (TPSA) is 25.8 Å². The standard InChI is InChI=1S/C11H16N2/c1-8(2)10(9-4-5-9)11-12-6-3-7-13-11/h3,6-10H,4-5H2,1-2H3. The van der Waals surface area contributed by atoms with Crippen molar-refractivity contribution < 1.29 is 0 Å². The van der Waals surface area contributed by atoms with Crippen molar-refractivity contribution in [2.45, 2.75) is 32.6 Å². The van der Waals surface area contributed by atoms with Crippen LogP contribution in [0.25, 0.3) is 0 Å². The summed E-state index contributed by atoms with van der Waals surface area (Å²) in [6.07, 6.45) is 6.42. The van der Waals surface area contributed by atoms with Gasteiger partial charge in [-0.2, -0.15) is 0 Å². The molecule has 0 saturated heterocycles. The van der Waals surface area contributed by atoms with Crippen LogP contribution in [0.5, 0.6) is 0 Å².